The van der Waals surface area contributed by atoms with Crippen molar-refractivity contribution in [3.63, 3.8) is 0 Å². The van der Waals surface area contributed by atoms with Gasteiger partial charge in [0.15, 0.2) is 0 Å². The van der Waals surface area contributed by atoms with E-state index in [1.54, 1.807) is 4.90 Å². The summed E-state index contributed by atoms with van der Waals surface area (Å²) < 4.78 is 0. The maximum Gasteiger partial charge on any atom is 0.227 e. The van der Waals surface area contributed by atoms with Crippen LogP contribution in [0.15, 0.2) is 0 Å². The Morgan fingerprint density at radius 2 is 1.84 bits per heavy atom. The fourth-order valence-electron chi connectivity index (χ4n) is 2.94. The van der Waals surface area contributed by atoms with Gasteiger partial charge >= 0.3 is 0 Å². The van der Waals surface area contributed by atoms with Gasteiger partial charge in [0.05, 0.1) is 12.0 Å². The van der Waals surface area contributed by atoms with Crippen LogP contribution in [0.4, 0.5) is 0 Å². The predicted octanol–water partition coefficient (Wildman–Crippen LogP) is 0.474. The first kappa shape index (κ1) is 14.3. The van der Waals surface area contributed by atoms with Crippen LogP contribution in [0.25, 0.3) is 0 Å². The molecule has 0 radical (unpaired) electrons. The van der Waals surface area contributed by atoms with Crippen molar-refractivity contribution in [3.05, 3.63) is 0 Å². The number of hydrogen-bond donors (Lipinski definition) is 1. The normalized spacial score (nSPS) is 28.0. The van der Waals surface area contributed by atoms with Crippen LogP contribution in [-0.4, -0.2) is 59.0 Å². The Morgan fingerprint density at radius 3 is 2.42 bits per heavy atom. The van der Waals surface area contributed by atoms with Gasteiger partial charge in [0.2, 0.25) is 11.8 Å². The van der Waals surface area contributed by atoms with E-state index in [0.717, 1.165) is 19.4 Å². The third-order valence-electron chi connectivity index (χ3n) is 4.05. The van der Waals surface area contributed by atoms with Crippen molar-refractivity contribution in [3.8, 4) is 0 Å². The maximum atomic E-state index is 12.4. The highest BCUT2D eigenvalue weighted by Crippen LogP contribution is 2.22. The van der Waals surface area contributed by atoms with Crippen LogP contribution < -0.4 is 0 Å². The minimum absolute atomic E-state index is 0.0116. The van der Waals surface area contributed by atoms with Gasteiger partial charge in [-0.2, -0.15) is 0 Å². The van der Waals surface area contributed by atoms with E-state index in [1.165, 1.54) is 0 Å². The summed E-state index contributed by atoms with van der Waals surface area (Å²) in [5.41, 5.74) is 0. The molecule has 2 fully saturated rings. The van der Waals surface area contributed by atoms with Gasteiger partial charge in [-0.3, -0.25) is 9.59 Å². The molecule has 5 heteroatoms. The second kappa shape index (κ2) is 5.90. The zero-order chi connectivity index (χ0) is 14.0. The Balaban J connectivity index is 1.93. The minimum atomic E-state index is -0.374. The van der Waals surface area contributed by atoms with Crippen molar-refractivity contribution >= 4 is 11.8 Å². The van der Waals surface area contributed by atoms with Gasteiger partial charge in [-0.15, -0.1) is 0 Å². The van der Waals surface area contributed by atoms with Crippen molar-refractivity contribution in [2.45, 2.75) is 39.2 Å². The summed E-state index contributed by atoms with van der Waals surface area (Å²) in [6, 6.07) is 0. The number of amides is 2. The Morgan fingerprint density at radius 1 is 1.11 bits per heavy atom. The van der Waals surface area contributed by atoms with Crippen LogP contribution in [0.1, 0.15) is 33.1 Å². The van der Waals surface area contributed by atoms with E-state index in [1.807, 2.05) is 18.7 Å². The van der Waals surface area contributed by atoms with Crippen LogP contribution in [0.2, 0.25) is 0 Å². The Bertz CT molecular complexity index is 357. The van der Waals surface area contributed by atoms with Crippen LogP contribution in [0, 0.1) is 11.8 Å². The molecule has 2 atom stereocenters. The van der Waals surface area contributed by atoms with Gasteiger partial charge in [-0.05, 0) is 19.3 Å². The number of hydrogen-bond acceptors (Lipinski definition) is 3. The first-order valence-electron chi connectivity index (χ1n) is 7.24. The molecule has 0 saturated carbocycles. The average molecular weight is 268 g/mol. The molecule has 5 nitrogen and oxygen atoms in total. The van der Waals surface area contributed by atoms with Gasteiger partial charge in [0, 0.05) is 32.1 Å². The first-order chi connectivity index (χ1) is 8.99. The number of carbonyl (C=O) groups is 2. The summed E-state index contributed by atoms with van der Waals surface area (Å²) in [7, 11) is 0. The predicted molar refractivity (Wildman–Crippen MR) is 71.3 cm³/mol. The lowest BCUT2D eigenvalue weighted by Gasteiger charge is -2.34. The van der Waals surface area contributed by atoms with Crippen molar-refractivity contribution in [1.82, 2.24) is 9.80 Å². The number of β-amino-alcohol motifs (C(OH)–C–C–N with tert-alkyl or cyclic N) is 1. The maximum absolute atomic E-state index is 12.4. The molecule has 108 valence electrons. The highest BCUT2D eigenvalue weighted by molar-refractivity contribution is 5.82. The summed E-state index contributed by atoms with van der Waals surface area (Å²) in [6.45, 7) is 6.20. The van der Waals surface area contributed by atoms with E-state index in [-0.39, 0.29) is 29.8 Å². The Hall–Kier alpha value is -1.10. The van der Waals surface area contributed by atoms with Crippen molar-refractivity contribution in [1.29, 1.82) is 0 Å². The van der Waals surface area contributed by atoms with E-state index in [0.29, 0.717) is 26.1 Å². The summed E-state index contributed by atoms with van der Waals surface area (Å²) in [5.74, 6) is 0.154. The molecule has 0 aromatic heterocycles. The third kappa shape index (κ3) is 3.26. The highest BCUT2D eigenvalue weighted by Gasteiger charge is 2.34. The zero-order valence-corrected chi connectivity index (χ0v) is 11.8. The molecule has 2 heterocycles. The number of carbonyl (C=O) groups excluding carboxylic acids is 2. The number of nitrogens with zero attached hydrogens (tertiary/aromatic N) is 2. The minimum Gasteiger partial charge on any atom is -0.391 e. The van der Waals surface area contributed by atoms with E-state index in [9.17, 15) is 14.7 Å². The Labute approximate surface area is 114 Å². The summed E-state index contributed by atoms with van der Waals surface area (Å²) in [4.78, 5) is 27.9. The molecule has 0 aromatic rings. The fourth-order valence-corrected chi connectivity index (χ4v) is 2.94. The van der Waals surface area contributed by atoms with Gasteiger partial charge in [0.1, 0.15) is 0 Å². The molecular weight excluding hydrogens is 244 g/mol. The van der Waals surface area contributed by atoms with E-state index in [4.69, 9.17) is 0 Å². The molecule has 2 aliphatic rings. The lowest BCUT2D eigenvalue weighted by molar-refractivity contribution is -0.142. The molecule has 1 N–H and O–H groups in total. The standard InChI is InChI=1S/C14H24N2O3/c1-10(2)13(18)15-6-3-4-11(8-15)14(19)16-7-5-12(17)9-16/h10-12,17H,3-9H2,1-2H3/t11?,12-/m0/s1. The number of rotatable bonds is 2. The van der Waals surface area contributed by atoms with Crippen molar-refractivity contribution in [2.24, 2.45) is 11.8 Å². The smallest absolute Gasteiger partial charge is 0.227 e. The monoisotopic (exact) mass is 268 g/mol. The number of aliphatic hydroxyl groups excluding tert-OH is 1. The van der Waals surface area contributed by atoms with Crippen LogP contribution >= 0.6 is 0 Å². The molecule has 2 saturated heterocycles. The number of piperidine rings is 1. The summed E-state index contributed by atoms with van der Waals surface area (Å²) >= 11 is 0. The molecular formula is C14H24N2O3. The van der Waals surface area contributed by atoms with Crippen LogP contribution in [0.5, 0.6) is 0 Å². The van der Waals surface area contributed by atoms with Gasteiger partial charge < -0.3 is 14.9 Å². The van der Waals surface area contributed by atoms with Crippen molar-refractivity contribution < 1.29 is 14.7 Å². The molecule has 2 aliphatic heterocycles. The van der Waals surface area contributed by atoms with Crippen LogP contribution in [0.3, 0.4) is 0 Å². The Kier molecular flexibility index (Phi) is 4.45. The molecule has 0 spiro atoms. The molecule has 0 bridgehead atoms. The van der Waals surface area contributed by atoms with E-state index < -0.39 is 0 Å². The molecule has 0 aromatic carbocycles. The van der Waals surface area contributed by atoms with Gasteiger partial charge in [0.25, 0.3) is 0 Å². The number of likely N-dealkylation sites (tertiary alicyclic amines) is 2. The van der Waals surface area contributed by atoms with Gasteiger partial charge in [-0.1, -0.05) is 13.8 Å². The summed E-state index contributed by atoms with van der Waals surface area (Å²) in [6.07, 6.45) is 2.05. The molecule has 0 aliphatic carbocycles. The lowest BCUT2D eigenvalue weighted by atomic mass is 9.95. The third-order valence-corrected chi connectivity index (χ3v) is 4.05. The second-order valence-electron chi connectivity index (χ2n) is 6.00. The van der Waals surface area contributed by atoms with Crippen LogP contribution in [-0.2, 0) is 9.59 Å². The fraction of sp³-hybridized carbons (Fsp3) is 0.857. The summed E-state index contributed by atoms with van der Waals surface area (Å²) in [5, 5.41) is 9.50. The second-order valence-corrected chi connectivity index (χ2v) is 6.00. The van der Waals surface area contributed by atoms with E-state index in [2.05, 4.69) is 0 Å². The lowest BCUT2D eigenvalue weighted by Crippen LogP contribution is -2.47. The molecule has 1 unspecified atom stereocenters. The molecule has 19 heavy (non-hydrogen) atoms. The molecule has 2 rings (SSSR count). The van der Waals surface area contributed by atoms with E-state index >= 15 is 0 Å². The van der Waals surface area contributed by atoms with Gasteiger partial charge in [-0.25, -0.2) is 0 Å². The largest absolute Gasteiger partial charge is 0.391 e. The molecule has 2 amide bonds. The zero-order valence-electron chi connectivity index (χ0n) is 11.8. The highest BCUT2D eigenvalue weighted by atomic mass is 16.3. The average Bonchev–Trinajstić information content (AvgIpc) is 2.83. The quantitative estimate of drug-likeness (QED) is 0.792. The SMILES string of the molecule is CC(C)C(=O)N1CCCC(C(=O)N2CC[C@H](O)C2)C1. The van der Waals surface area contributed by atoms with Crippen molar-refractivity contribution in [2.75, 3.05) is 26.2 Å². The topological polar surface area (TPSA) is 60.9 Å². The first-order valence-corrected chi connectivity index (χ1v) is 7.24. The number of aliphatic hydroxyl groups is 1.